The number of rotatable bonds is 4. The Hall–Kier alpha value is -1.86. The first kappa shape index (κ1) is 13.6. The Bertz CT molecular complexity index is 672. The Labute approximate surface area is 111 Å². The topological polar surface area (TPSA) is 98.2 Å². The summed E-state index contributed by atoms with van der Waals surface area (Å²) in [4.78, 5) is 4.03. The maximum atomic E-state index is 12.2. The third kappa shape index (κ3) is 2.94. The number of hydrogen-bond acceptors (Lipinski definition) is 5. The quantitative estimate of drug-likeness (QED) is 0.824. The minimum absolute atomic E-state index is 0.00997. The summed E-state index contributed by atoms with van der Waals surface area (Å²) in [6.07, 6.45) is 1.53. The van der Waals surface area contributed by atoms with Crippen molar-refractivity contribution in [1.29, 1.82) is 0 Å². The van der Waals surface area contributed by atoms with Crippen molar-refractivity contribution in [3.05, 3.63) is 41.6 Å². The predicted molar refractivity (Wildman–Crippen MR) is 70.9 cm³/mol. The lowest BCUT2D eigenvalue weighted by Crippen LogP contribution is -2.25. The molecule has 0 aliphatic heterocycles. The normalized spacial score (nSPS) is 11.7. The number of nitrogen functional groups attached to an aromatic ring is 1. The first-order valence-electron chi connectivity index (χ1n) is 5.66. The predicted octanol–water partition coefficient (Wildman–Crippen LogP) is 1.35. The highest BCUT2D eigenvalue weighted by Gasteiger charge is 2.20. The summed E-state index contributed by atoms with van der Waals surface area (Å²) in [5, 5.41) is 0. The number of aromatic nitrogens is 1. The van der Waals surface area contributed by atoms with Crippen LogP contribution in [0, 0.1) is 13.8 Å². The van der Waals surface area contributed by atoms with Crippen molar-refractivity contribution in [3.63, 3.8) is 0 Å². The van der Waals surface area contributed by atoms with Crippen molar-refractivity contribution >= 4 is 15.7 Å². The van der Waals surface area contributed by atoms with E-state index in [0.717, 1.165) is 0 Å². The maximum Gasteiger partial charge on any atom is 0.243 e. The van der Waals surface area contributed by atoms with Gasteiger partial charge in [0.25, 0.3) is 0 Å². The number of benzene rings is 1. The number of aryl methyl sites for hydroxylation is 2. The van der Waals surface area contributed by atoms with Gasteiger partial charge in [0.05, 0.1) is 18.4 Å². The van der Waals surface area contributed by atoms with E-state index in [1.165, 1.54) is 6.20 Å². The third-order valence-corrected chi connectivity index (χ3v) is 4.21. The summed E-state index contributed by atoms with van der Waals surface area (Å²) in [5.74, 6) is 0.942. The monoisotopic (exact) mass is 281 g/mol. The lowest BCUT2D eigenvalue weighted by molar-refractivity contribution is 0.463. The zero-order valence-corrected chi connectivity index (χ0v) is 11.5. The molecule has 7 heteroatoms. The molecule has 0 radical (unpaired) electrons. The molecule has 2 rings (SSSR count). The van der Waals surface area contributed by atoms with Crippen LogP contribution in [0.3, 0.4) is 0 Å². The Kier molecular flexibility index (Phi) is 3.59. The van der Waals surface area contributed by atoms with E-state index in [-0.39, 0.29) is 17.1 Å². The molecule has 3 N–H and O–H groups in total. The van der Waals surface area contributed by atoms with Crippen LogP contribution in [0.15, 0.2) is 33.7 Å². The maximum absolute atomic E-state index is 12.2. The van der Waals surface area contributed by atoms with Crippen molar-refractivity contribution in [1.82, 2.24) is 9.71 Å². The van der Waals surface area contributed by atoms with Crippen LogP contribution in [0.1, 0.15) is 17.2 Å². The molecule has 0 unspecified atom stereocenters. The van der Waals surface area contributed by atoms with Crippen molar-refractivity contribution in [2.75, 3.05) is 5.73 Å². The molecule has 0 amide bonds. The summed E-state index contributed by atoms with van der Waals surface area (Å²) in [6.45, 7) is 3.43. The zero-order valence-electron chi connectivity index (χ0n) is 10.7. The van der Waals surface area contributed by atoms with Gasteiger partial charge < -0.3 is 10.2 Å². The van der Waals surface area contributed by atoms with E-state index in [2.05, 4.69) is 9.71 Å². The highest BCUT2D eigenvalue weighted by atomic mass is 32.2. The van der Waals surface area contributed by atoms with Gasteiger partial charge in [-0.15, -0.1) is 0 Å². The average molecular weight is 281 g/mol. The second-order valence-corrected chi connectivity index (χ2v) is 5.89. The van der Waals surface area contributed by atoms with E-state index < -0.39 is 10.0 Å². The van der Waals surface area contributed by atoms with Crippen LogP contribution < -0.4 is 10.5 Å². The molecule has 19 heavy (non-hydrogen) atoms. The molecule has 1 aromatic heterocycles. The Morgan fingerprint density at radius 1 is 1.37 bits per heavy atom. The van der Waals surface area contributed by atoms with E-state index >= 15 is 0 Å². The second-order valence-electron chi connectivity index (χ2n) is 4.18. The van der Waals surface area contributed by atoms with Gasteiger partial charge >= 0.3 is 0 Å². The lowest BCUT2D eigenvalue weighted by atomic mass is 10.2. The van der Waals surface area contributed by atoms with E-state index in [1.54, 1.807) is 32.0 Å². The molecular formula is C12H15N3O3S. The molecule has 1 aromatic carbocycles. The molecule has 0 spiro atoms. The second kappa shape index (κ2) is 5.02. The number of oxazole rings is 1. The molecule has 0 atom stereocenters. The van der Waals surface area contributed by atoms with Gasteiger partial charge in [-0.3, -0.25) is 0 Å². The van der Waals surface area contributed by atoms with Crippen LogP contribution in [0.5, 0.6) is 0 Å². The molecule has 2 aromatic rings. The summed E-state index contributed by atoms with van der Waals surface area (Å²) < 4.78 is 32.0. The van der Waals surface area contributed by atoms with Crippen molar-refractivity contribution in [2.45, 2.75) is 25.3 Å². The molecule has 0 bridgehead atoms. The molecular weight excluding hydrogens is 266 g/mol. The van der Waals surface area contributed by atoms with E-state index in [4.69, 9.17) is 10.2 Å². The van der Waals surface area contributed by atoms with Crippen LogP contribution in [-0.2, 0) is 16.6 Å². The van der Waals surface area contributed by atoms with Crippen molar-refractivity contribution in [3.8, 4) is 0 Å². The van der Waals surface area contributed by atoms with Gasteiger partial charge in [-0.2, -0.15) is 0 Å². The first-order chi connectivity index (χ1) is 8.90. The molecule has 0 saturated carbocycles. The van der Waals surface area contributed by atoms with Gasteiger partial charge in [0, 0.05) is 0 Å². The van der Waals surface area contributed by atoms with Crippen LogP contribution >= 0.6 is 0 Å². The van der Waals surface area contributed by atoms with Gasteiger partial charge in [-0.1, -0.05) is 12.1 Å². The number of nitrogens with one attached hydrogen (secondary N) is 1. The highest BCUT2D eigenvalue weighted by Crippen LogP contribution is 2.22. The van der Waals surface area contributed by atoms with Gasteiger partial charge in [0.2, 0.25) is 15.9 Å². The molecule has 6 nitrogen and oxygen atoms in total. The van der Waals surface area contributed by atoms with E-state index in [9.17, 15) is 8.42 Å². The fourth-order valence-corrected chi connectivity index (χ4v) is 3.08. The Balaban J connectivity index is 2.23. The fourth-order valence-electron chi connectivity index (χ4n) is 1.75. The summed E-state index contributed by atoms with van der Waals surface area (Å²) in [5.41, 5.74) is 6.53. The zero-order chi connectivity index (χ0) is 14.0. The standard InChI is InChI=1S/C12H15N3O3S/c1-8-4-3-5-10(13)12(8)19(16,17)15-7-11-14-6-9(2)18-11/h3-6,15H,7,13H2,1-2H3. The molecule has 0 aliphatic carbocycles. The number of nitrogens with two attached hydrogens (primary N) is 1. The molecule has 0 saturated heterocycles. The van der Waals surface area contributed by atoms with E-state index in [0.29, 0.717) is 17.2 Å². The highest BCUT2D eigenvalue weighted by molar-refractivity contribution is 7.89. The number of nitrogens with zero attached hydrogens (tertiary/aromatic N) is 1. The van der Waals surface area contributed by atoms with E-state index in [1.807, 2.05) is 0 Å². The summed E-state index contributed by atoms with van der Waals surface area (Å²) in [7, 11) is -3.69. The lowest BCUT2D eigenvalue weighted by Gasteiger charge is -2.10. The van der Waals surface area contributed by atoms with Crippen molar-refractivity contribution in [2.24, 2.45) is 0 Å². The average Bonchev–Trinajstić information content (AvgIpc) is 2.72. The van der Waals surface area contributed by atoms with Gasteiger partial charge in [-0.05, 0) is 25.5 Å². The fraction of sp³-hybridized carbons (Fsp3) is 0.250. The third-order valence-electron chi connectivity index (χ3n) is 2.59. The van der Waals surface area contributed by atoms with Crippen LogP contribution in [0.25, 0.3) is 0 Å². The largest absolute Gasteiger partial charge is 0.445 e. The SMILES string of the molecule is Cc1cnc(CNS(=O)(=O)c2c(C)cccc2N)o1. The Morgan fingerprint density at radius 3 is 2.68 bits per heavy atom. The molecule has 0 aliphatic rings. The smallest absolute Gasteiger partial charge is 0.243 e. The Morgan fingerprint density at radius 2 is 2.11 bits per heavy atom. The number of hydrogen-bond donors (Lipinski definition) is 2. The van der Waals surface area contributed by atoms with Gasteiger partial charge in [-0.25, -0.2) is 18.1 Å². The first-order valence-corrected chi connectivity index (χ1v) is 7.14. The van der Waals surface area contributed by atoms with Gasteiger partial charge in [0.15, 0.2) is 0 Å². The van der Waals surface area contributed by atoms with Gasteiger partial charge in [0.1, 0.15) is 10.7 Å². The minimum Gasteiger partial charge on any atom is -0.445 e. The van der Waals surface area contributed by atoms with Crippen LogP contribution in [0.4, 0.5) is 5.69 Å². The summed E-state index contributed by atoms with van der Waals surface area (Å²) in [6, 6.07) is 4.96. The minimum atomic E-state index is -3.69. The van der Waals surface area contributed by atoms with Crippen molar-refractivity contribution < 1.29 is 12.8 Å². The summed E-state index contributed by atoms with van der Waals surface area (Å²) >= 11 is 0. The number of sulfonamides is 1. The molecule has 0 fully saturated rings. The number of anilines is 1. The van der Waals surface area contributed by atoms with Crippen LogP contribution in [0.2, 0.25) is 0 Å². The molecule has 1 heterocycles. The molecule has 102 valence electrons. The van der Waals surface area contributed by atoms with Crippen LogP contribution in [-0.4, -0.2) is 13.4 Å².